The van der Waals surface area contributed by atoms with Gasteiger partial charge >= 0.3 is 0 Å². The van der Waals surface area contributed by atoms with E-state index in [4.69, 9.17) is 4.74 Å². The highest BCUT2D eigenvalue weighted by Crippen LogP contribution is 2.32. The minimum Gasteiger partial charge on any atom is -0.381 e. The maximum Gasteiger partial charge on any atom is 0.156 e. The van der Waals surface area contributed by atoms with E-state index in [0.29, 0.717) is 5.92 Å². The first kappa shape index (κ1) is 8.41. The Labute approximate surface area is 83.1 Å². The average Bonchev–Trinajstić information content (AvgIpc) is 2.71. The van der Waals surface area contributed by atoms with E-state index in [-0.39, 0.29) is 0 Å². The maximum absolute atomic E-state index is 5.32. The van der Waals surface area contributed by atoms with E-state index in [1.54, 1.807) is 0 Å². The third-order valence-corrected chi connectivity index (χ3v) is 3.02. The summed E-state index contributed by atoms with van der Waals surface area (Å²) < 4.78 is 5.32. The van der Waals surface area contributed by atoms with Gasteiger partial charge in [0.15, 0.2) is 5.82 Å². The monoisotopic (exact) mass is 193 g/mol. The van der Waals surface area contributed by atoms with Crippen LogP contribution in [0.5, 0.6) is 0 Å². The van der Waals surface area contributed by atoms with Crippen LogP contribution in [0.25, 0.3) is 0 Å². The molecule has 1 saturated heterocycles. The molecule has 0 bridgehead atoms. The van der Waals surface area contributed by atoms with Crippen molar-refractivity contribution < 1.29 is 4.74 Å². The van der Waals surface area contributed by atoms with Crippen molar-refractivity contribution in [1.29, 1.82) is 0 Å². The molecule has 76 valence electrons. The van der Waals surface area contributed by atoms with Crippen molar-refractivity contribution in [1.82, 2.24) is 15.2 Å². The second-order valence-electron chi connectivity index (χ2n) is 4.35. The van der Waals surface area contributed by atoms with E-state index in [2.05, 4.69) is 15.2 Å². The van der Waals surface area contributed by atoms with Gasteiger partial charge in [-0.05, 0) is 25.2 Å². The second-order valence-corrected chi connectivity index (χ2v) is 4.35. The number of hydrogen-bond donors (Lipinski definition) is 1. The number of nitrogens with one attached hydrogen (secondary N) is 1. The topological polar surface area (TPSA) is 50.8 Å². The zero-order valence-corrected chi connectivity index (χ0v) is 8.20. The summed E-state index contributed by atoms with van der Waals surface area (Å²) in [5.74, 6) is 3.32. The van der Waals surface area contributed by atoms with E-state index in [1.165, 1.54) is 12.8 Å². The van der Waals surface area contributed by atoms with Crippen molar-refractivity contribution in [2.75, 3.05) is 13.2 Å². The van der Waals surface area contributed by atoms with Gasteiger partial charge in [0.2, 0.25) is 0 Å². The van der Waals surface area contributed by atoms with E-state index >= 15 is 0 Å². The summed E-state index contributed by atoms with van der Waals surface area (Å²) in [5, 5.41) is 7.30. The van der Waals surface area contributed by atoms with Gasteiger partial charge in [-0.2, -0.15) is 5.10 Å². The number of rotatable bonds is 3. The fraction of sp³-hybridized carbons (Fsp3) is 0.800. The Morgan fingerprint density at radius 1 is 1.36 bits per heavy atom. The maximum atomic E-state index is 5.32. The largest absolute Gasteiger partial charge is 0.381 e. The Morgan fingerprint density at radius 3 is 3.00 bits per heavy atom. The molecular weight excluding hydrogens is 178 g/mol. The summed E-state index contributed by atoms with van der Waals surface area (Å²) in [6, 6.07) is 0. The molecule has 4 heteroatoms. The van der Waals surface area contributed by atoms with Gasteiger partial charge in [-0.25, -0.2) is 4.98 Å². The van der Waals surface area contributed by atoms with Crippen molar-refractivity contribution in [2.24, 2.45) is 5.92 Å². The molecule has 1 aromatic heterocycles. The third kappa shape index (κ3) is 1.66. The Balaban J connectivity index is 1.68. The number of ether oxygens (including phenoxy) is 1. The van der Waals surface area contributed by atoms with Crippen LogP contribution in [-0.2, 0) is 11.2 Å². The molecule has 1 aromatic rings. The van der Waals surface area contributed by atoms with Gasteiger partial charge in [0, 0.05) is 18.9 Å². The molecule has 4 nitrogen and oxygen atoms in total. The molecule has 0 aromatic carbocycles. The van der Waals surface area contributed by atoms with Crippen LogP contribution in [0.4, 0.5) is 0 Å². The van der Waals surface area contributed by atoms with Crippen LogP contribution in [0.1, 0.15) is 36.8 Å². The highest BCUT2D eigenvalue weighted by molar-refractivity contribution is 5.01. The predicted molar refractivity (Wildman–Crippen MR) is 51.0 cm³/mol. The zero-order valence-electron chi connectivity index (χ0n) is 8.20. The zero-order chi connectivity index (χ0) is 9.38. The summed E-state index contributed by atoms with van der Waals surface area (Å²) >= 11 is 0. The molecule has 2 aliphatic rings. The molecule has 3 rings (SSSR count). The average molecular weight is 193 g/mol. The van der Waals surface area contributed by atoms with Gasteiger partial charge < -0.3 is 4.74 Å². The highest BCUT2D eigenvalue weighted by Gasteiger charge is 2.25. The molecule has 1 aliphatic carbocycles. The van der Waals surface area contributed by atoms with Gasteiger partial charge in [0.05, 0.1) is 6.61 Å². The van der Waals surface area contributed by atoms with Crippen LogP contribution in [0, 0.1) is 5.92 Å². The van der Waals surface area contributed by atoms with E-state index in [9.17, 15) is 0 Å². The van der Waals surface area contributed by atoms with Crippen molar-refractivity contribution in [3.8, 4) is 0 Å². The SMILES string of the molecule is C1CC(c2n[nH]c(CC3CC3)n2)CO1. The molecule has 1 saturated carbocycles. The van der Waals surface area contributed by atoms with Gasteiger partial charge in [0.1, 0.15) is 5.82 Å². The molecular formula is C10H15N3O. The predicted octanol–water partition coefficient (Wildman–Crippen LogP) is 1.26. The van der Waals surface area contributed by atoms with Crippen molar-refractivity contribution in [2.45, 2.75) is 31.6 Å². The summed E-state index contributed by atoms with van der Waals surface area (Å²) in [6.07, 6.45) is 4.88. The molecule has 1 unspecified atom stereocenters. The Morgan fingerprint density at radius 2 is 2.29 bits per heavy atom. The lowest BCUT2D eigenvalue weighted by Crippen LogP contribution is -2.00. The van der Waals surface area contributed by atoms with Crippen LogP contribution in [0.3, 0.4) is 0 Å². The summed E-state index contributed by atoms with van der Waals surface area (Å²) in [7, 11) is 0. The molecule has 2 heterocycles. The number of aromatic nitrogens is 3. The van der Waals surface area contributed by atoms with Crippen LogP contribution >= 0.6 is 0 Å². The van der Waals surface area contributed by atoms with Gasteiger partial charge in [0.25, 0.3) is 0 Å². The Bertz CT molecular complexity index is 313. The minimum absolute atomic E-state index is 0.430. The van der Waals surface area contributed by atoms with E-state index in [0.717, 1.165) is 43.6 Å². The Hall–Kier alpha value is -0.900. The number of nitrogens with zero attached hydrogens (tertiary/aromatic N) is 2. The lowest BCUT2D eigenvalue weighted by molar-refractivity contribution is 0.193. The van der Waals surface area contributed by atoms with E-state index in [1.807, 2.05) is 0 Å². The lowest BCUT2D eigenvalue weighted by Gasteiger charge is -1.98. The molecule has 1 atom stereocenters. The first-order chi connectivity index (χ1) is 6.92. The molecule has 0 spiro atoms. The molecule has 0 radical (unpaired) electrons. The summed E-state index contributed by atoms with van der Waals surface area (Å²) in [5.41, 5.74) is 0. The first-order valence-corrected chi connectivity index (χ1v) is 5.41. The second kappa shape index (κ2) is 3.35. The molecule has 14 heavy (non-hydrogen) atoms. The standard InChI is InChI=1S/C10H15N3O/c1-2-7(1)5-9-11-10(13-12-9)8-3-4-14-6-8/h7-8H,1-6H2,(H,11,12,13). The normalized spacial score (nSPS) is 27.0. The fourth-order valence-corrected chi connectivity index (χ4v) is 1.92. The summed E-state index contributed by atoms with van der Waals surface area (Å²) in [4.78, 5) is 4.53. The molecule has 1 aliphatic heterocycles. The number of aromatic amines is 1. The number of H-pyrrole nitrogens is 1. The van der Waals surface area contributed by atoms with Gasteiger partial charge in [-0.3, -0.25) is 5.10 Å². The van der Waals surface area contributed by atoms with Crippen LogP contribution in [0.15, 0.2) is 0 Å². The van der Waals surface area contributed by atoms with Gasteiger partial charge in [-0.15, -0.1) is 0 Å². The molecule has 0 amide bonds. The fourth-order valence-electron chi connectivity index (χ4n) is 1.92. The smallest absolute Gasteiger partial charge is 0.156 e. The summed E-state index contributed by atoms with van der Waals surface area (Å²) in [6.45, 7) is 1.65. The van der Waals surface area contributed by atoms with Crippen LogP contribution in [-0.4, -0.2) is 28.4 Å². The van der Waals surface area contributed by atoms with Crippen molar-refractivity contribution >= 4 is 0 Å². The quantitative estimate of drug-likeness (QED) is 0.786. The highest BCUT2D eigenvalue weighted by atomic mass is 16.5. The minimum atomic E-state index is 0.430. The number of hydrogen-bond acceptors (Lipinski definition) is 3. The van der Waals surface area contributed by atoms with Crippen molar-refractivity contribution in [3.63, 3.8) is 0 Å². The Kier molecular flexibility index (Phi) is 2.01. The van der Waals surface area contributed by atoms with Crippen molar-refractivity contribution in [3.05, 3.63) is 11.6 Å². The van der Waals surface area contributed by atoms with Gasteiger partial charge in [-0.1, -0.05) is 0 Å². The third-order valence-electron chi connectivity index (χ3n) is 3.02. The van der Waals surface area contributed by atoms with Crippen LogP contribution < -0.4 is 0 Å². The lowest BCUT2D eigenvalue weighted by atomic mass is 10.1. The molecule has 2 fully saturated rings. The molecule has 1 N–H and O–H groups in total. The van der Waals surface area contributed by atoms with Crippen LogP contribution in [0.2, 0.25) is 0 Å². The van der Waals surface area contributed by atoms with E-state index < -0.39 is 0 Å². The first-order valence-electron chi connectivity index (χ1n) is 5.41.